The van der Waals surface area contributed by atoms with Crippen molar-refractivity contribution >= 4 is 23.4 Å². The summed E-state index contributed by atoms with van der Waals surface area (Å²) < 4.78 is 5.09. The molecule has 1 heterocycles. The molecule has 0 spiro atoms. The zero-order chi connectivity index (χ0) is 15.4. The van der Waals surface area contributed by atoms with Crippen LogP contribution >= 0.6 is 11.6 Å². The first-order chi connectivity index (χ1) is 10.0. The van der Waals surface area contributed by atoms with Gasteiger partial charge in [-0.25, -0.2) is 0 Å². The van der Waals surface area contributed by atoms with E-state index in [9.17, 15) is 9.59 Å². The van der Waals surface area contributed by atoms with E-state index in [4.69, 9.17) is 16.3 Å². The van der Waals surface area contributed by atoms with Crippen LogP contribution < -0.4 is 10.1 Å². The van der Waals surface area contributed by atoms with Crippen molar-refractivity contribution in [3.8, 4) is 5.75 Å². The van der Waals surface area contributed by atoms with Crippen molar-refractivity contribution in [1.82, 2.24) is 10.2 Å². The topological polar surface area (TPSA) is 58.6 Å². The SMILES string of the molecule is COc1ccc(CCNC(=O)C2CC(=O)N(C)C2)c(Cl)c1. The van der Waals surface area contributed by atoms with Crippen LogP contribution in [0.25, 0.3) is 0 Å². The van der Waals surface area contributed by atoms with Crippen molar-refractivity contribution in [3.05, 3.63) is 28.8 Å². The number of rotatable bonds is 5. The number of nitrogens with zero attached hydrogens (tertiary/aromatic N) is 1. The number of carbonyl (C=O) groups is 2. The highest BCUT2D eigenvalue weighted by Crippen LogP contribution is 2.22. The van der Waals surface area contributed by atoms with Gasteiger partial charge in [0.2, 0.25) is 11.8 Å². The van der Waals surface area contributed by atoms with E-state index in [2.05, 4.69) is 5.32 Å². The van der Waals surface area contributed by atoms with Crippen LogP contribution in [0.1, 0.15) is 12.0 Å². The maximum atomic E-state index is 12.0. The number of methoxy groups -OCH3 is 1. The van der Waals surface area contributed by atoms with Gasteiger partial charge in [0.05, 0.1) is 13.0 Å². The molecule has 1 aromatic carbocycles. The van der Waals surface area contributed by atoms with E-state index < -0.39 is 0 Å². The van der Waals surface area contributed by atoms with Gasteiger partial charge >= 0.3 is 0 Å². The Labute approximate surface area is 129 Å². The van der Waals surface area contributed by atoms with E-state index in [0.29, 0.717) is 36.7 Å². The van der Waals surface area contributed by atoms with Crippen LogP contribution in [0.5, 0.6) is 5.75 Å². The maximum Gasteiger partial charge on any atom is 0.225 e. The number of carbonyl (C=O) groups excluding carboxylic acids is 2. The Balaban J connectivity index is 1.82. The van der Waals surface area contributed by atoms with Gasteiger partial charge in [-0.3, -0.25) is 9.59 Å². The van der Waals surface area contributed by atoms with Crippen LogP contribution in [0.4, 0.5) is 0 Å². The summed E-state index contributed by atoms with van der Waals surface area (Å²) in [5, 5.41) is 3.49. The number of amides is 2. The molecule has 21 heavy (non-hydrogen) atoms. The first-order valence-corrected chi connectivity index (χ1v) is 7.23. The standard InChI is InChI=1S/C15H19ClN2O3/c1-18-9-11(7-14(18)19)15(20)17-6-5-10-3-4-12(21-2)8-13(10)16/h3-4,8,11H,5-7,9H2,1-2H3,(H,17,20). The lowest BCUT2D eigenvalue weighted by molar-refractivity contribution is -0.128. The fourth-order valence-corrected chi connectivity index (χ4v) is 2.63. The highest BCUT2D eigenvalue weighted by molar-refractivity contribution is 6.31. The van der Waals surface area contributed by atoms with Crippen LogP contribution in [-0.2, 0) is 16.0 Å². The smallest absolute Gasteiger partial charge is 0.225 e. The number of hydrogen-bond acceptors (Lipinski definition) is 3. The molecule has 1 N–H and O–H groups in total. The van der Waals surface area contributed by atoms with Crippen molar-refractivity contribution in [3.63, 3.8) is 0 Å². The van der Waals surface area contributed by atoms with Gasteiger partial charge in [0, 0.05) is 31.6 Å². The monoisotopic (exact) mass is 310 g/mol. The molecule has 1 unspecified atom stereocenters. The van der Waals surface area contributed by atoms with Crippen molar-refractivity contribution < 1.29 is 14.3 Å². The van der Waals surface area contributed by atoms with Gasteiger partial charge in [-0.1, -0.05) is 17.7 Å². The van der Waals surface area contributed by atoms with Gasteiger partial charge in [-0.15, -0.1) is 0 Å². The number of nitrogens with one attached hydrogen (secondary N) is 1. The predicted molar refractivity (Wildman–Crippen MR) is 80.5 cm³/mol. The summed E-state index contributed by atoms with van der Waals surface area (Å²) in [6.07, 6.45) is 0.941. The molecule has 114 valence electrons. The largest absolute Gasteiger partial charge is 0.497 e. The normalized spacial score (nSPS) is 18.0. The van der Waals surface area contributed by atoms with E-state index >= 15 is 0 Å². The van der Waals surface area contributed by atoms with Gasteiger partial charge in [0.25, 0.3) is 0 Å². The number of halogens is 1. The van der Waals surface area contributed by atoms with Crippen molar-refractivity contribution in [1.29, 1.82) is 0 Å². The van der Waals surface area contributed by atoms with E-state index in [1.54, 1.807) is 25.1 Å². The first-order valence-electron chi connectivity index (χ1n) is 6.85. The summed E-state index contributed by atoms with van der Waals surface area (Å²) in [7, 11) is 3.30. The van der Waals surface area contributed by atoms with Crippen LogP contribution in [-0.4, -0.2) is 44.0 Å². The summed E-state index contributed by atoms with van der Waals surface area (Å²) in [5.74, 6) is 0.416. The van der Waals surface area contributed by atoms with E-state index in [1.807, 2.05) is 12.1 Å². The third-order valence-corrected chi connectivity index (χ3v) is 4.02. The zero-order valence-corrected chi connectivity index (χ0v) is 12.9. The molecule has 0 bridgehead atoms. The van der Waals surface area contributed by atoms with Crippen LogP contribution in [0.2, 0.25) is 5.02 Å². The Bertz CT molecular complexity index is 548. The summed E-state index contributed by atoms with van der Waals surface area (Å²) in [6.45, 7) is 0.993. The molecule has 0 radical (unpaired) electrons. The zero-order valence-electron chi connectivity index (χ0n) is 12.2. The molecular formula is C15H19ClN2O3. The molecule has 2 amide bonds. The quantitative estimate of drug-likeness (QED) is 0.896. The Morgan fingerprint density at radius 3 is 2.86 bits per heavy atom. The average molecular weight is 311 g/mol. The highest BCUT2D eigenvalue weighted by Gasteiger charge is 2.31. The van der Waals surface area contributed by atoms with Crippen LogP contribution in [0.15, 0.2) is 18.2 Å². The highest BCUT2D eigenvalue weighted by atomic mass is 35.5. The summed E-state index contributed by atoms with van der Waals surface area (Å²) in [4.78, 5) is 25.0. The molecule has 1 aliphatic heterocycles. The summed E-state index contributed by atoms with van der Waals surface area (Å²) >= 11 is 6.14. The fraction of sp³-hybridized carbons (Fsp3) is 0.467. The molecule has 1 fully saturated rings. The molecule has 0 aliphatic carbocycles. The Kier molecular flexibility index (Phi) is 5.07. The van der Waals surface area contributed by atoms with Gasteiger partial charge in [-0.05, 0) is 24.1 Å². The molecule has 1 atom stereocenters. The second-order valence-corrected chi connectivity index (χ2v) is 5.58. The molecule has 5 nitrogen and oxygen atoms in total. The number of likely N-dealkylation sites (tertiary alicyclic amines) is 1. The predicted octanol–water partition coefficient (Wildman–Crippen LogP) is 1.49. The van der Waals surface area contributed by atoms with Gasteiger partial charge < -0.3 is 15.0 Å². The van der Waals surface area contributed by atoms with Gasteiger partial charge in [0.1, 0.15) is 5.75 Å². The molecule has 1 aliphatic rings. The maximum absolute atomic E-state index is 12.0. The molecule has 0 aromatic heterocycles. The second kappa shape index (κ2) is 6.80. The number of ether oxygens (including phenoxy) is 1. The Morgan fingerprint density at radius 1 is 1.52 bits per heavy atom. The summed E-state index contributed by atoms with van der Waals surface area (Å²) in [5.41, 5.74) is 0.956. The lowest BCUT2D eigenvalue weighted by atomic mass is 10.1. The molecule has 2 rings (SSSR count). The van der Waals surface area contributed by atoms with Crippen molar-refractivity contribution in [2.75, 3.05) is 27.2 Å². The minimum atomic E-state index is -0.242. The molecule has 1 aromatic rings. The molecular weight excluding hydrogens is 292 g/mol. The third-order valence-electron chi connectivity index (χ3n) is 3.67. The number of benzene rings is 1. The minimum Gasteiger partial charge on any atom is -0.497 e. The van der Waals surface area contributed by atoms with Crippen molar-refractivity contribution in [2.45, 2.75) is 12.8 Å². The van der Waals surface area contributed by atoms with E-state index in [1.165, 1.54) is 0 Å². The van der Waals surface area contributed by atoms with Gasteiger partial charge in [-0.2, -0.15) is 0 Å². The minimum absolute atomic E-state index is 0.0216. The van der Waals surface area contributed by atoms with E-state index in [-0.39, 0.29) is 17.7 Å². The third kappa shape index (κ3) is 3.88. The van der Waals surface area contributed by atoms with E-state index in [0.717, 1.165) is 5.56 Å². The molecule has 6 heteroatoms. The Hall–Kier alpha value is -1.75. The average Bonchev–Trinajstić information content (AvgIpc) is 2.80. The number of hydrogen-bond donors (Lipinski definition) is 1. The molecule has 1 saturated heterocycles. The van der Waals surface area contributed by atoms with Crippen molar-refractivity contribution in [2.24, 2.45) is 5.92 Å². The Morgan fingerprint density at radius 2 is 2.29 bits per heavy atom. The van der Waals surface area contributed by atoms with Gasteiger partial charge in [0.15, 0.2) is 0 Å². The summed E-state index contributed by atoms with van der Waals surface area (Å²) in [6, 6.07) is 5.48. The van der Waals surface area contributed by atoms with Crippen LogP contribution in [0.3, 0.4) is 0 Å². The molecule has 0 saturated carbocycles. The van der Waals surface area contributed by atoms with Crippen LogP contribution in [0, 0.1) is 5.92 Å². The first kappa shape index (κ1) is 15.6. The second-order valence-electron chi connectivity index (χ2n) is 5.17. The fourth-order valence-electron chi connectivity index (χ4n) is 2.36. The lowest BCUT2D eigenvalue weighted by Crippen LogP contribution is -2.33. The lowest BCUT2D eigenvalue weighted by Gasteiger charge is -2.11.